The van der Waals surface area contributed by atoms with Gasteiger partial charge >= 0.3 is 0 Å². The number of hydrogen-bond donors (Lipinski definition) is 1. The maximum absolute atomic E-state index is 9.50. The second kappa shape index (κ2) is 7.87. The Morgan fingerprint density at radius 3 is 2.75 bits per heavy atom. The van der Waals surface area contributed by atoms with Gasteiger partial charge in [0.25, 0.3) is 0 Å². The highest BCUT2D eigenvalue weighted by Gasteiger charge is 2.16. The van der Waals surface area contributed by atoms with Crippen molar-refractivity contribution in [2.45, 2.75) is 32.3 Å². The van der Waals surface area contributed by atoms with Crippen molar-refractivity contribution in [3.63, 3.8) is 0 Å². The highest BCUT2D eigenvalue weighted by atomic mass is 16.5. The van der Waals surface area contributed by atoms with Crippen molar-refractivity contribution < 1.29 is 9.84 Å². The molecular formula is C21H23N5O2. The summed E-state index contributed by atoms with van der Waals surface area (Å²) < 4.78 is 7.32. The smallest absolute Gasteiger partial charge is 0.138 e. The third kappa shape index (κ3) is 3.64. The number of hydrogen-bond acceptors (Lipinski definition) is 6. The minimum absolute atomic E-state index is 0.184. The maximum Gasteiger partial charge on any atom is 0.138 e. The monoisotopic (exact) mass is 377 g/mol. The average molecular weight is 377 g/mol. The van der Waals surface area contributed by atoms with Gasteiger partial charge in [0.2, 0.25) is 0 Å². The summed E-state index contributed by atoms with van der Waals surface area (Å²) in [5.41, 5.74) is 2.94. The molecule has 144 valence electrons. The Kier molecular flexibility index (Phi) is 5.13. The second-order valence-electron chi connectivity index (χ2n) is 7.17. The fourth-order valence-corrected chi connectivity index (χ4v) is 3.55. The van der Waals surface area contributed by atoms with E-state index in [0.717, 1.165) is 35.6 Å². The third-order valence-electron chi connectivity index (χ3n) is 4.94. The summed E-state index contributed by atoms with van der Waals surface area (Å²) in [6, 6.07) is 8.13. The average Bonchev–Trinajstić information content (AvgIpc) is 3.15. The summed E-state index contributed by atoms with van der Waals surface area (Å²) in [4.78, 5) is 6.97. The fourth-order valence-electron chi connectivity index (χ4n) is 3.55. The van der Waals surface area contributed by atoms with E-state index < -0.39 is 6.10 Å². The number of aliphatic hydroxyl groups excluding tert-OH is 1. The number of nitrogens with zero attached hydrogens (tertiary/aromatic N) is 5. The van der Waals surface area contributed by atoms with E-state index in [9.17, 15) is 10.4 Å². The second-order valence-corrected chi connectivity index (χ2v) is 7.17. The number of fused-ring (bicyclic) bond motifs is 1. The Balaban J connectivity index is 1.73. The van der Waals surface area contributed by atoms with Crippen LogP contribution in [0.4, 0.5) is 5.82 Å². The number of nitriles is 1. The molecule has 3 aromatic heterocycles. The van der Waals surface area contributed by atoms with Crippen molar-refractivity contribution >= 4 is 11.3 Å². The molecule has 28 heavy (non-hydrogen) atoms. The molecule has 1 N–H and O–H groups in total. The topological polar surface area (TPSA) is 86.7 Å². The molecule has 0 unspecified atom stereocenters. The molecule has 0 aromatic carbocycles. The van der Waals surface area contributed by atoms with E-state index in [1.165, 1.54) is 19.3 Å². The van der Waals surface area contributed by atoms with Gasteiger partial charge in [0.15, 0.2) is 0 Å². The molecule has 1 atom stereocenters. The van der Waals surface area contributed by atoms with Crippen molar-refractivity contribution in [2.75, 3.05) is 24.6 Å². The van der Waals surface area contributed by atoms with Gasteiger partial charge in [-0.25, -0.2) is 9.50 Å². The van der Waals surface area contributed by atoms with Crippen LogP contribution in [0.3, 0.4) is 0 Å². The first-order valence-corrected chi connectivity index (χ1v) is 9.59. The van der Waals surface area contributed by atoms with Crippen LogP contribution >= 0.6 is 0 Å². The summed E-state index contributed by atoms with van der Waals surface area (Å²) >= 11 is 0. The molecule has 1 aliphatic heterocycles. The molecule has 7 heteroatoms. The van der Waals surface area contributed by atoms with E-state index in [2.05, 4.69) is 21.1 Å². The summed E-state index contributed by atoms with van der Waals surface area (Å²) in [5.74, 6) is 1.56. The molecule has 4 heterocycles. The van der Waals surface area contributed by atoms with Gasteiger partial charge in [-0.05, 0) is 44.4 Å². The Morgan fingerprint density at radius 2 is 2.07 bits per heavy atom. The van der Waals surface area contributed by atoms with Gasteiger partial charge in [0, 0.05) is 30.4 Å². The molecule has 3 aromatic rings. The molecule has 7 nitrogen and oxygen atoms in total. The molecule has 0 amide bonds. The number of aliphatic hydroxyl groups is 1. The zero-order valence-electron chi connectivity index (χ0n) is 15.9. The van der Waals surface area contributed by atoms with Crippen LogP contribution in [0.2, 0.25) is 0 Å². The summed E-state index contributed by atoms with van der Waals surface area (Å²) in [7, 11) is 0. The van der Waals surface area contributed by atoms with Gasteiger partial charge in [0.05, 0.1) is 29.6 Å². The molecular weight excluding hydrogens is 354 g/mol. The Morgan fingerprint density at radius 1 is 1.25 bits per heavy atom. The van der Waals surface area contributed by atoms with Crippen molar-refractivity contribution in [3.05, 3.63) is 42.4 Å². The minimum Gasteiger partial charge on any atom is -0.489 e. The lowest BCUT2D eigenvalue weighted by Crippen LogP contribution is -2.29. The normalized spacial score (nSPS) is 15.4. The van der Waals surface area contributed by atoms with Gasteiger partial charge in [0.1, 0.15) is 24.2 Å². The molecule has 0 spiro atoms. The van der Waals surface area contributed by atoms with Crippen molar-refractivity contribution in [3.8, 4) is 22.9 Å². The standard InChI is InChI=1S/C21H23N5O2/c1-15(27)14-28-18-9-19(21-17(10-22)12-24-26(21)13-18)16-5-6-20(23-11-16)25-7-3-2-4-8-25/h5-6,9,11-13,15,27H,2-4,7-8,14H2,1H3/t15-/m1/s1. The number of pyridine rings is 2. The quantitative estimate of drug-likeness (QED) is 0.735. The highest BCUT2D eigenvalue weighted by molar-refractivity contribution is 5.85. The lowest BCUT2D eigenvalue weighted by molar-refractivity contribution is 0.122. The van der Waals surface area contributed by atoms with Crippen LogP contribution < -0.4 is 9.64 Å². The lowest BCUT2D eigenvalue weighted by Gasteiger charge is -2.27. The fraction of sp³-hybridized carbons (Fsp3) is 0.381. The van der Waals surface area contributed by atoms with Crippen LogP contribution in [0.25, 0.3) is 16.6 Å². The number of ether oxygens (including phenoxy) is 1. The van der Waals surface area contributed by atoms with E-state index in [1.807, 2.05) is 24.4 Å². The Labute approximate surface area is 163 Å². The number of rotatable bonds is 5. The minimum atomic E-state index is -0.572. The molecule has 1 aliphatic rings. The number of piperidine rings is 1. The van der Waals surface area contributed by atoms with Gasteiger partial charge in [-0.1, -0.05) is 0 Å². The summed E-state index contributed by atoms with van der Waals surface area (Å²) in [6.07, 6.45) is 8.22. The Hall–Kier alpha value is -3.11. The first-order valence-electron chi connectivity index (χ1n) is 9.59. The predicted molar refractivity (Wildman–Crippen MR) is 106 cm³/mol. The van der Waals surface area contributed by atoms with E-state index in [4.69, 9.17) is 4.74 Å². The van der Waals surface area contributed by atoms with Crippen molar-refractivity contribution in [1.29, 1.82) is 5.26 Å². The van der Waals surface area contributed by atoms with Crippen LogP contribution in [-0.2, 0) is 0 Å². The Bertz CT molecular complexity index is 998. The largest absolute Gasteiger partial charge is 0.489 e. The van der Waals surface area contributed by atoms with Crippen LogP contribution in [0.5, 0.6) is 5.75 Å². The summed E-state index contributed by atoms with van der Waals surface area (Å²) in [6.45, 7) is 3.94. The van der Waals surface area contributed by atoms with E-state index in [1.54, 1.807) is 23.8 Å². The SMILES string of the molecule is C[C@@H](O)COc1cc(-c2ccc(N3CCCCC3)nc2)c2c(C#N)cnn2c1. The van der Waals surface area contributed by atoms with E-state index in [0.29, 0.717) is 11.3 Å². The molecule has 1 saturated heterocycles. The summed E-state index contributed by atoms with van der Waals surface area (Å²) in [5, 5.41) is 23.2. The van der Waals surface area contributed by atoms with Crippen LogP contribution in [0.1, 0.15) is 31.7 Å². The number of anilines is 1. The van der Waals surface area contributed by atoms with Gasteiger partial charge in [-0.3, -0.25) is 0 Å². The van der Waals surface area contributed by atoms with E-state index >= 15 is 0 Å². The highest BCUT2D eigenvalue weighted by Crippen LogP contribution is 2.31. The lowest BCUT2D eigenvalue weighted by atomic mass is 10.0. The zero-order chi connectivity index (χ0) is 19.5. The predicted octanol–water partition coefficient (Wildman–Crippen LogP) is 3.02. The molecule has 0 radical (unpaired) electrons. The van der Waals surface area contributed by atoms with Crippen molar-refractivity contribution in [2.24, 2.45) is 0 Å². The van der Waals surface area contributed by atoms with E-state index in [-0.39, 0.29) is 6.61 Å². The van der Waals surface area contributed by atoms with Crippen LogP contribution in [-0.4, -0.2) is 45.5 Å². The maximum atomic E-state index is 9.50. The molecule has 4 rings (SSSR count). The zero-order valence-corrected chi connectivity index (χ0v) is 15.9. The van der Waals surface area contributed by atoms with Crippen LogP contribution in [0.15, 0.2) is 36.8 Å². The molecule has 0 saturated carbocycles. The molecule has 0 aliphatic carbocycles. The molecule has 0 bridgehead atoms. The van der Waals surface area contributed by atoms with Crippen molar-refractivity contribution in [1.82, 2.24) is 14.6 Å². The van der Waals surface area contributed by atoms with Crippen LogP contribution in [0, 0.1) is 11.3 Å². The first kappa shape index (κ1) is 18.3. The molecule has 1 fully saturated rings. The van der Waals surface area contributed by atoms with Gasteiger partial charge < -0.3 is 14.7 Å². The third-order valence-corrected chi connectivity index (χ3v) is 4.94. The van der Waals surface area contributed by atoms with Gasteiger partial charge in [-0.15, -0.1) is 0 Å². The number of aromatic nitrogens is 3. The first-order chi connectivity index (χ1) is 13.7. The van der Waals surface area contributed by atoms with Gasteiger partial charge in [-0.2, -0.15) is 10.4 Å².